The van der Waals surface area contributed by atoms with Gasteiger partial charge in [-0.25, -0.2) is 13.6 Å². The number of aliphatic carboxylic acids is 1. The molecule has 0 saturated heterocycles. The van der Waals surface area contributed by atoms with Crippen molar-refractivity contribution < 1.29 is 37.9 Å². The van der Waals surface area contributed by atoms with Crippen molar-refractivity contribution in [3.63, 3.8) is 0 Å². The van der Waals surface area contributed by atoms with Gasteiger partial charge in [0, 0.05) is 23.6 Å². The summed E-state index contributed by atoms with van der Waals surface area (Å²) in [5, 5.41) is 22.8. The second-order valence-electron chi connectivity index (χ2n) is 6.72. The maximum absolute atomic E-state index is 13.8. The molecule has 2 aromatic rings. The van der Waals surface area contributed by atoms with E-state index in [1.807, 2.05) is 0 Å². The van der Waals surface area contributed by atoms with Crippen molar-refractivity contribution in [2.75, 3.05) is 6.61 Å². The Morgan fingerprint density at radius 3 is 2.22 bits per heavy atom. The standard InChI is InChI=1S/C21H20F2N2O7/c1-2-32-19(27)11-14(12-6-8-13(9-7-12)25(30)31)20(21(28)29)24-18(26)10-15-16(22)4-3-5-17(15)23/h3-9,14,20H,2,10-11H2,1H3,(H,24,26)(H,28,29)/t14-,20+/m0/s1. The zero-order valence-corrected chi connectivity index (χ0v) is 16.9. The third-order valence-electron chi connectivity index (χ3n) is 4.61. The molecule has 0 bridgehead atoms. The molecule has 2 rings (SSSR count). The predicted molar refractivity (Wildman–Crippen MR) is 107 cm³/mol. The minimum atomic E-state index is -1.68. The number of nitrogens with one attached hydrogen (secondary N) is 1. The van der Waals surface area contributed by atoms with Crippen molar-refractivity contribution in [2.45, 2.75) is 31.7 Å². The van der Waals surface area contributed by atoms with Crippen LogP contribution in [0.3, 0.4) is 0 Å². The van der Waals surface area contributed by atoms with Crippen LogP contribution in [0, 0.1) is 21.7 Å². The lowest BCUT2D eigenvalue weighted by molar-refractivity contribution is -0.384. The summed E-state index contributed by atoms with van der Waals surface area (Å²) in [6.45, 7) is 1.58. The van der Waals surface area contributed by atoms with E-state index in [2.05, 4.69) is 5.32 Å². The van der Waals surface area contributed by atoms with Crippen LogP contribution in [0.5, 0.6) is 0 Å². The Kier molecular flexibility index (Phi) is 8.33. The highest BCUT2D eigenvalue weighted by atomic mass is 19.1. The number of carbonyl (C=O) groups excluding carboxylic acids is 2. The van der Waals surface area contributed by atoms with Gasteiger partial charge in [-0.1, -0.05) is 18.2 Å². The number of rotatable bonds is 10. The molecule has 0 spiro atoms. The van der Waals surface area contributed by atoms with E-state index in [9.17, 15) is 38.4 Å². The number of esters is 1. The number of carboxylic acid groups (broad SMARTS) is 1. The fraction of sp³-hybridized carbons (Fsp3) is 0.286. The Labute approximate surface area is 181 Å². The first kappa shape index (κ1) is 24.4. The molecule has 0 aromatic heterocycles. The van der Waals surface area contributed by atoms with Crippen LogP contribution in [0.15, 0.2) is 42.5 Å². The number of nitro groups is 1. The normalized spacial score (nSPS) is 12.5. The summed E-state index contributed by atoms with van der Waals surface area (Å²) < 4.78 is 32.5. The third kappa shape index (κ3) is 6.30. The van der Waals surface area contributed by atoms with Gasteiger partial charge < -0.3 is 15.2 Å². The molecule has 1 amide bonds. The average molecular weight is 450 g/mol. The number of non-ortho nitro benzene ring substituents is 1. The molecule has 0 fully saturated rings. The van der Waals surface area contributed by atoms with Crippen molar-refractivity contribution in [3.8, 4) is 0 Å². The van der Waals surface area contributed by atoms with E-state index in [-0.39, 0.29) is 17.9 Å². The Morgan fingerprint density at radius 1 is 1.12 bits per heavy atom. The van der Waals surface area contributed by atoms with E-state index in [1.54, 1.807) is 6.92 Å². The van der Waals surface area contributed by atoms with Gasteiger partial charge in [0.2, 0.25) is 5.91 Å². The molecule has 2 atom stereocenters. The smallest absolute Gasteiger partial charge is 0.326 e. The zero-order valence-electron chi connectivity index (χ0n) is 16.9. The lowest BCUT2D eigenvalue weighted by Gasteiger charge is -2.25. The van der Waals surface area contributed by atoms with Crippen LogP contribution in [0.4, 0.5) is 14.5 Å². The van der Waals surface area contributed by atoms with Gasteiger partial charge in [-0.2, -0.15) is 0 Å². The molecule has 2 N–H and O–H groups in total. The molecule has 0 heterocycles. The van der Waals surface area contributed by atoms with Crippen molar-refractivity contribution in [3.05, 3.63) is 75.3 Å². The van der Waals surface area contributed by atoms with Crippen molar-refractivity contribution in [1.29, 1.82) is 0 Å². The fourth-order valence-corrected chi connectivity index (χ4v) is 3.09. The first-order valence-electron chi connectivity index (χ1n) is 9.49. The van der Waals surface area contributed by atoms with Crippen LogP contribution in [-0.4, -0.2) is 40.5 Å². The monoisotopic (exact) mass is 450 g/mol. The highest BCUT2D eigenvalue weighted by Gasteiger charge is 2.34. The van der Waals surface area contributed by atoms with Gasteiger partial charge in [-0.3, -0.25) is 19.7 Å². The predicted octanol–water partition coefficient (Wildman–Crippen LogP) is 2.72. The minimum absolute atomic E-state index is 0.0302. The number of ether oxygens (including phenoxy) is 1. The second kappa shape index (κ2) is 10.9. The number of nitrogens with zero attached hydrogens (tertiary/aromatic N) is 1. The number of halogens is 2. The maximum atomic E-state index is 13.8. The van der Waals surface area contributed by atoms with Crippen molar-refractivity contribution >= 4 is 23.5 Å². The van der Waals surface area contributed by atoms with Gasteiger partial charge in [-0.05, 0) is 24.6 Å². The van der Waals surface area contributed by atoms with Crippen LogP contribution in [0.2, 0.25) is 0 Å². The molecule has 9 nitrogen and oxygen atoms in total. The van der Waals surface area contributed by atoms with Crippen LogP contribution >= 0.6 is 0 Å². The number of carboxylic acids is 1. The molecule has 0 aliphatic heterocycles. The molecule has 170 valence electrons. The highest BCUT2D eigenvalue weighted by molar-refractivity contribution is 5.86. The van der Waals surface area contributed by atoms with E-state index < -0.39 is 64.8 Å². The van der Waals surface area contributed by atoms with Crippen molar-refractivity contribution in [1.82, 2.24) is 5.32 Å². The van der Waals surface area contributed by atoms with Crippen LogP contribution in [-0.2, 0) is 25.5 Å². The SMILES string of the molecule is CCOC(=O)C[C@@H](c1ccc([N+](=O)[O-])cc1)[C@@H](NC(=O)Cc1c(F)cccc1F)C(=O)O. The summed E-state index contributed by atoms with van der Waals surface area (Å²) in [5.74, 6) is -6.36. The molecule has 11 heteroatoms. The van der Waals surface area contributed by atoms with Gasteiger partial charge in [0.15, 0.2) is 0 Å². The van der Waals surface area contributed by atoms with E-state index in [1.165, 1.54) is 12.1 Å². The van der Waals surface area contributed by atoms with Gasteiger partial charge in [-0.15, -0.1) is 0 Å². The number of carbonyl (C=O) groups is 3. The topological polar surface area (TPSA) is 136 Å². The molecule has 0 radical (unpaired) electrons. The molecule has 32 heavy (non-hydrogen) atoms. The quantitative estimate of drug-likeness (QED) is 0.323. The largest absolute Gasteiger partial charge is 0.480 e. The summed E-state index contributed by atoms with van der Waals surface area (Å²) in [6.07, 6.45) is -1.23. The number of hydrogen-bond acceptors (Lipinski definition) is 6. The number of benzene rings is 2. The minimum Gasteiger partial charge on any atom is -0.480 e. The Morgan fingerprint density at radius 2 is 1.72 bits per heavy atom. The van der Waals surface area contributed by atoms with Crippen LogP contribution in [0.1, 0.15) is 30.4 Å². The van der Waals surface area contributed by atoms with Gasteiger partial charge in [0.05, 0.1) is 24.4 Å². The maximum Gasteiger partial charge on any atom is 0.326 e. The lowest BCUT2D eigenvalue weighted by Crippen LogP contribution is -2.46. The van der Waals surface area contributed by atoms with E-state index in [0.717, 1.165) is 30.3 Å². The number of nitro benzene ring substituents is 1. The molecular formula is C21H20F2N2O7. The van der Waals surface area contributed by atoms with Crippen LogP contribution in [0.25, 0.3) is 0 Å². The van der Waals surface area contributed by atoms with Gasteiger partial charge in [0.1, 0.15) is 17.7 Å². The van der Waals surface area contributed by atoms with Gasteiger partial charge in [0.25, 0.3) is 5.69 Å². The molecule has 2 aromatic carbocycles. The second-order valence-corrected chi connectivity index (χ2v) is 6.72. The number of amides is 1. The lowest BCUT2D eigenvalue weighted by atomic mass is 9.88. The van der Waals surface area contributed by atoms with Gasteiger partial charge >= 0.3 is 11.9 Å². The Hall–Kier alpha value is -3.89. The van der Waals surface area contributed by atoms with Crippen LogP contribution < -0.4 is 5.32 Å². The zero-order chi connectivity index (χ0) is 23.8. The molecule has 0 aliphatic carbocycles. The van der Waals surface area contributed by atoms with E-state index in [0.29, 0.717) is 0 Å². The average Bonchev–Trinajstić information content (AvgIpc) is 2.73. The fourth-order valence-electron chi connectivity index (χ4n) is 3.09. The third-order valence-corrected chi connectivity index (χ3v) is 4.61. The summed E-state index contributed by atoms with van der Waals surface area (Å²) in [5.41, 5.74) is -0.575. The summed E-state index contributed by atoms with van der Waals surface area (Å²) >= 11 is 0. The first-order chi connectivity index (χ1) is 15.1. The molecule has 0 unspecified atom stereocenters. The highest BCUT2D eigenvalue weighted by Crippen LogP contribution is 2.27. The Bertz CT molecular complexity index is 991. The van der Waals surface area contributed by atoms with E-state index >= 15 is 0 Å². The molecule has 0 aliphatic rings. The van der Waals surface area contributed by atoms with Crippen molar-refractivity contribution in [2.24, 2.45) is 0 Å². The number of hydrogen-bond donors (Lipinski definition) is 2. The van der Waals surface area contributed by atoms with E-state index in [4.69, 9.17) is 4.74 Å². The Balaban J connectivity index is 2.33. The molecule has 0 saturated carbocycles. The first-order valence-corrected chi connectivity index (χ1v) is 9.49. The summed E-state index contributed by atoms with van der Waals surface area (Å²) in [7, 11) is 0. The molecular weight excluding hydrogens is 430 g/mol. The summed E-state index contributed by atoms with van der Waals surface area (Å²) in [4.78, 5) is 46.6. The summed E-state index contributed by atoms with van der Waals surface area (Å²) in [6, 6.07) is 6.15.